The summed E-state index contributed by atoms with van der Waals surface area (Å²) < 4.78 is 31.1. The zero-order valence-corrected chi connectivity index (χ0v) is 17.6. The summed E-state index contributed by atoms with van der Waals surface area (Å²) in [6.07, 6.45) is 3.48. The van der Waals surface area contributed by atoms with Crippen molar-refractivity contribution in [3.63, 3.8) is 0 Å². The second-order valence-electron chi connectivity index (χ2n) is 6.99. The number of rotatable bonds is 8. The van der Waals surface area contributed by atoms with Crippen LogP contribution in [0.3, 0.4) is 0 Å². The normalized spacial score (nSPS) is 13.9. The van der Waals surface area contributed by atoms with E-state index in [0.717, 1.165) is 29.3 Å². The molecule has 1 N–H and O–H groups in total. The number of nitrogens with zero attached hydrogens (tertiary/aromatic N) is 2. The highest BCUT2D eigenvalue weighted by Crippen LogP contribution is 2.24. The van der Waals surface area contributed by atoms with E-state index in [2.05, 4.69) is 10.2 Å². The van der Waals surface area contributed by atoms with Gasteiger partial charge in [0.2, 0.25) is 15.9 Å². The van der Waals surface area contributed by atoms with Crippen LogP contribution in [0.4, 0.5) is 17.1 Å². The highest BCUT2D eigenvalue weighted by Gasteiger charge is 2.21. The van der Waals surface area contributed by atoms with E-state index in [-0.39, 0.29) is 6.54 Å². The molecule has 0 aromatic heterocycles. The van der Waals surface area contributed by atoms with E-state index in [0.29, 0.717) is 23.7 Å². The predicted octanol–water partition coefficient (Wildman–Crippen LogP) is 3.09. The number of hydrogen-bond donors (Lipinski definition) is 1. The maximum absolute atomic E-state index is 12.5. The number of nitrogens with one attached hydrogen (secondary N) is 1. The number of carbonyl (C=O) groups excluding carboxylic acids is 1. The van der Waals surface area contributed by atoms with Crippen molar-refractivity contribution >= 4 is 33.0 Å². The number of ether oxygens (including phenoxy) is 1. The Morgan fingerprint density at radius 3 is 2.45 bits per heavy atom. The first-order valence-corrected chi connectivity index (χ1v) is 11.6. The van der Waals surface area contributed by atoms with Gasteiger partial charge in [-0.05, 0) is 56.2 Å². The molecular weight excluding hydrogens is 390 g/mol. The molecule has 0 saturated carbocycles. The molecule has 0 bridgehead atoms. The van der Waals surface area contributed by atoms with Gasteiger partial charge in [-0.2, -0.15) is 0 Å². The molecule has 0 aliphatic carbocycles. The lowest BCUT2D eigenvalue weighted by molar-refractivity contribution is -0.114. The second-order valence-corrected chi connectivity index (χ2v) is 8.90. The third-order valence-corrected chi connectivity index (χ3v) is 5.87. The van der Waals surface area contributed by atoms with Crippen molar-refractivity contribution in [3.05, 3.63) is 48.5 Å². The van der Waals surface area contributed by atoms with Gasteiger partial charge in [-0.25, -0.2) is 8.42 Å². The standard InChI is InChI=1S/C21H27N3O4S/c1-3-28-20-8-6-7-19(15-20)24(29(2,26)27)16-21(25)22-17-9-11-18(12-10-17)23-13-4-5-14-23/h6-12,15H,3-5,13-14,16H2,1-2H3,(H,22,25). The van der Waals surface area contributed by atoms with Crippen LogP contribution in [0.25, 0.3) is 0 Å². The molecule has 1 aliphatic rings. The van der Waals surface area contributed by atoms with Gasteiger partial charge in [0, 0.05) is 30.5 Å². The molecule has 0 atom stereocenters. The average molecular weight is 418 g/mol. The quantitative estimate of drug-likeness (QED) is 0.714. The van der Waals surface area contributed by atoms with Crippen molar-refractivity contribution in [2.75, 3.05) is 47.0 Å². The van der Waals surface area contributed by atoms with E-state index in [9.17, 15) is 13.2 Å². The molecule has 156 valence electrons. The summed E-state index contributed by atoms with van der Waals surface area (Å²) in [5.74, 6) is 0.141. The van der Waals surface area contributed by atoms with Gasteiger partial charge in [0.25, 0.3) is 0 Å². The SMILES string of the molecule is CCOc1cccc(N(CC(=O)Nc2ccc(N3CCCC3)cc2)S(C)(=O)=O)c1. The van der Waals surface area contributed by atoms with Crippen LogP contribution < -0.4 is 19.3 Å². The molecule has 1 amide bonds. The van der Waals surface area contributed by atoms with Crippen LogP contribution in [0.5, 0.6) is 5.75 Å². The Hall–Kier alpha value is -2.74. The third-order valence-electron chi connectivity index (χ3n) is 4.73. The van der Waals surface area contributed by atoms with Crippen LogP contribution in [-0.2, 0) is 14.8 Å². The number of anilines is 3. The van der Waals surface area contributed by atoms with Crippen molar-refractivity contribution in [1.82, 2.24) is 0 Å². The minimum Gasteiger partial charge on any atom is -0.494 e. The van der Waals surface area contributed by atoms with Gasteiger partial charge in [0.15, 0.2) is 0 Å². The molecule has 2 aromatic rings. The van der Waals surface area contributed by atoms with Crippen LogP contribution in [-0.4, -0.2) is 46.8 Å². The van der Waals surface area contributed by atoms with Crippen molar-refractivity contribution in [2.24, 2.45) is 0 Å². The molecule has 1 aliphatic heterocycles. The molecular formula is C21H27N3O4S. The zero-order valence-electron chi connectivity index (χ0n) is 16.8. The molecule has 7 nitrogen and oxygen atoms in total. The summed E-state index contributed by atoms with van der Waals surface area (Å²) >= 11 is 0. The fourth-order valence-electron chi connectivity index (χ4n) is 3.36. The number of carbonyl (C=O) groups is 1. The monoisotopic (exact) mass is 417 g/mol. The van der Waals surface area contributed by atoms with Crippen LogP contribution in [0.15, 0.2) is 48.5 Å². The molecule has 1 fully saturated rings. The van der Waals surface area contributed by atoms with Crippen LogP contribution >= 0.6 is 0 Å². The van der Waals surface area contributed by atoms with E-state index in [1.54, 1.807) is 24.3 Å². The maximum atomic E-state index is 12.5. The Balaban J connectivity index is 1.69. The summed E-state index contributed by atoms with van der Waals surface area (Å²) in [5, 5.41) is 2.78. The number of sulfonamides is 1. The van der Waals surface area contributed by atoms with Crippen molar-refractivity contribution < 1.29 is 17.9 Å². The summed E-state index contributed by atoms with van der Waals surface area (Å²) in [6, 6.07) is 14.3. The van der Waals surface area contributed by atoms with Gasteiger partial charge in [-0.3, -0.25) is 9.10 Å². The third kappa shape index (κ3) is 5.63. The first-order chi connectivity index (χ1) is 13.9. The van der Waals surface area contributed by atoms with Crippen LogP contribution in [0.1, 0.15) is 19.8 Å². The highest BCUT2D eigenvalue weighted by atomic mass is 32.2. The molecule has 2 aromatic carbocycles. The summed E-state index contributed by atoms with van der Waals surface area (Å²) in [4.78, 5) is 14.8. The van der Waals surface area contributed by atoms with E-state index in [4.69, 9.17) is 4.74 Å². The van der Waals surface area contributed by atoms with Gasteiger partial charge >= 0.3 is 0 Å². The minimum absolute atomic E-state index is 0.317. The Labute approximate surface area is 172 Å². The van der Waals surface area contributed by atoms with E-state index in [1.807, 2.05) is 31.2 Å². The second kappa shape index (κ2) is 9.17. The highest BCUT2D eigenvalue weighted by molar-refractivity contribution is 7.92. The van der Waals surface area contributed by atoms with Crippen molar-refractivity contribution in [1.29, 1.82) is 0 Å². The Bertz CT molecular complexity index is 939. The smallest absolute Gasteiger partial charge is 0.245 e. The van der Waals surface area contributed by atoms with Crippen molar-refractivity contribution in [2.45, 2.75) is 19.8 Å². The molecule has 8 heteroatoms. The van der Waals surface area contributed by atoms with Gasteiger partial charge in [0.05, 0.1) is 18.6 Å². The lowest BCUT2D eigenvalue weighted by atomic mass is 10.2. The lowest BCUT2D eigenvalue weighted by Gasteiger charge is -2.22. The number of hydrogen-bond acceptors (Lipinski definition) is 5. The molecule has 29 heavy (non-hydrogen) atoms. The molecule has 0 radical (unpaired) electrons. The maximum Gasteiger partial charge on any atom is 0.245 e. The molecule has 3 rings (SSSR count). The van der Waals surface area contributed by atoms with Crippen LogP contribution in [0.2, 0.25) is 0 Å². The van der Waals surface area contributed by atoms with Gasteiger partial charge in [-0.1, -0.05) is 6.07 Å². The average Bonchev–Trinajstić information content (AvgIpc) is 3.21. The van der Waals surface area contributed by atoms with E-state index >= 15 is 0 Å². The summed E-state index contributed by atoms with van der Waals surface area (Å²) in [7, 11) is -3.64. The summed E-state index contributed by atoms with van der Waals surface area (Å²) in [6.45, 7) is 4.10. The lowest BCUT2D eigenvalue weighted by Crippen LogP contribution is -2.37. The Morgan fingerprint density at radius 2 is 1.83 bits per heavy atom. The fraction of sp³-hybridized carbons (Fsp3) is 0.381. The number of amides is 1. The predicted molar refractivity (Wildman–Crippen MR) is 116 cm³/mol. The van der Waals surface area contributed by atoms with E-state index in [1.165, 1.54) is 12.8 Å². The summed E-state index contributed by atoms with van der Waals surface area (Å²) in [5.41, 5.74) is 2.15. The first kappa shape index (κ1) is 21.0. The van der Waals surface area contributed by atoms with Gasteiger partial charge in [0.1, 0.15) is 12.3 Å². The van der Waals surface area contributed by atoms with Crippen molar-refractivity contribution in [3.8, 4) is 5.75 Å². The Morgan fingerprint density at radius 1 is 1.14 bits per heavy atom. The minimum atomic E-state index is -3.64. The van der Waals surface area contributed by atoms with Gasteiger partial charge in [-0.15, -0.1) is 0 Å². The molecule has 1 heterocycles. The largest absolute Gasteiger partial charge is 0.494 e. The molecule has 1 saturated heterocycles. The van der Waals surface area contributed by atoms with Gasteiger partial charge < -0.3 is 15.0 Å². The fourth-order valence-corrected chi connectivity index (χ4v) is 4.21. The topological polar surface area (TPSA) is 79.0 Å². The molecule has 0 unspecified atom stereocenters. The first-order valence-electron chi connectivity index (χ1n) is 9.72. The van der Waals surface area contributed by atoms with Crippen LogP contribution in [0, 0.1) is 0 Å². The number of benzene rings is 2. The Kier molecular flexibility index (Phi) is 6.64. The van der Waals surface area contributed by atoms with E-state index < -0.39 is 15.9 Å². The zero-order chi connectivity index (χ0) is 20.9. The molecule has 0 spiro atoms.